The molecule has 2 fully saturated rings. The van der Waals surface area contributed by atoms with Crippen LogP contribution in [-0.4, -0.2) is 56.6 Å². The topological polar surface area (TPSA) is 118 Å². The molecule has 9 nitrogen and oxygen atoms in total. The summed E-state index contributed by atoms with van der Waals surface area (Å²) in [4.78, 5) is 12.0. The molecule has 0 saturated carbocycles. The van der Waals surface area contributed by atoms with E-state index in [2.05, 4.69) is 27.0 Å². The smallest absolute Gasteiger partial charge is 0.204 e. The SMILES string of the molecule is Cc1nc(N2CCC3(CC2)CO[C@@H](C)[C@H]3C=N)c2nncn2c1Sc1ccnc(N)c1Cl. The number of nitrogens with one attached hydrogen (secondary N) is 1. The average Bonchev–Trinajstić information content (AvgIpc) is 3.39. The zero-order valence-corrected chi connectivity index (χ0v) is 19.5. The van der Waals surface area contributed by atoms with E-state index in [-0.39, 0.29) is 17.4 Å². The van der Waals surface area contributed by atoms with Gasteiger partial charge in [-0.05, 0) is 32.8 Å². The third kappa shape index (κ3) is 3.41. The molecule has 5 rings (SSSR count). The van der Waals surface area contributed by atoms with Crippen LogP contribution in [0.15, 0.2) is 28.5 Å². The van der Waals surface area contributed by atoms with Crippen LogP contribution in [0.25, 0.3) is 5.65 Å². The van der Waals surface area contributed by atoms with Crippen LogP contribution in [0.1, 0.15) is 25.5 Å². The zero-order valence-electron chi connectivity index (χ0n) is 18.0. The average molecular weight is 473 g/mol. The van der Waals surface area contributed by atoms with Crippen LogP contribution < -0.4 is 10.6 Å². The van der Waals surface area contributed by atoms with E-state index in [0.717, 1.165) is 54.0 Å². The van der Waals surface area contributed by atoms with Crippen molar-refractivity contribution in [3.05, 3.63) is 29.3 Å². The number of pyridine rings is 1. The monoisotopic (exact) mass is 472 g/mol. The van der Waals surface area contributed by atoms with E-state index >= 15 is 0 Å². The largest absolute Gasteiger partial charge is 0.382 e. The maximum atomic E-state index is 7.89. The van der Waals surface area contributed by atoms with Crippen molar-refractivity contribution in [1.29, 1.82) is 5.41 Å². The molecule has 0 bridgehead atoms. The maximum absolute atomic E-state index is 7.89. The van der Waals surface area contributed by atoms with Crippen molar-refractivity contribution in [2.75, 3.05) is 30.3 Å². The molecule has 1 spiro atoms. The summed E-state index contributed by atoms with van der Waals surface area (Å²) in [6.45, 7) is 6.46. The van der Waals surface area contributed by atoms with Crippen molar-refractivity contribution >= 4 is 46.9 Å². The van der Waals surface area contributed by atoms with Crippen molar-refractivity contribution in [1.82, 2.24) is 24.6 Å². The first-order valence-corrected chi connectivity index (χ1v) is 11.8. The van der Waals surface area contributed by atoms with Gasteiger partial charge >= 0.3 is 0 Å². The number of hydrogen-bond acceptors (Lipinski definition) is 9. The number of hydrogen-bond donors (Lipinski definition) is 2. The van der Waals surface area contributed by atoms with Crippen molar-refractivity contribution in [2.24, 2.45) is 11.3 Å². The summed E-state index contributed by atoms with van der Waals surface area (Å²) >= 11 is 7.83. The van der Waals surface area contributed by atoms with Crippen molar-refractivity contribution < 1.29 is 4.74 Å². The summed E-state index contributed by atoms with van der Waals surface area (Å²) in [6, 6.07) is 1.83. The molecule has 0 radical (unpaired) electrons. The molecule has 3 aromatic heterocycles. The number of nitrogen functional groups attached to an aromatic ring is 1. The number of fused-ring (bicyclic) bond motifs is 1. The second-order valence-corrected chi connectivity index (χ2v) is 9.93. The van der Waals surface area contributed by atoms with Gasteiger partial charge in [0.05, 0.1) is 23.4 Å². The Kier molecular flexibility index (Phi) is 5.47. The van der Waals surface area contributed by atoms with Gasteiger partial charge in [-0.1, -0.05) is 23.4 Å². The highest BCUT2D eigenvalue weighted by atomic mass is 35.5. The number of halogens is 1. The molecule has 3 N–H and O–H groups in total. The lowest BCUT2D eigenvalue weighted by Gasteiger charge is -2.41. The summed E-state index contributed by atoms with van der Waals surface area (Å²) in [7, 11) is 0. The minimum absolute atomic E-state index is 0.0461. The molecule has 2 saturated heterocycles. The Morgan fingerprint density at radius 2 is 2.16 bits per heavy atom. The summed E-state index contributed by atoms with van der Waals surface area (Å²) in [5.74, 6) is 1.30. The highest BCUT2D eigenvalue weighted by Gasteiger charge is 2.48. The van der Waals surface area contributed by atoms with Crippen LogP contribution in [-0.2, 0) is 4.74 Å². The molecule has 2 aliphatic rings. The number of nitrogens with zero attached hydrogens (tertiary/aromatic N) is 6. The Balaban J connectivity index is 1.45. The summed E-state index contributed by atoms with van der Waals surface area (Å²) < 4.78 is 7.88. The summed E-state index contributed by atoms with van der Waals surface area (Å²) in [6.07, 6.45) is 6.95. The summed E-state index contributed by atoms with van der Waals surface area (Å²) in [5.41, 5.74) is 7.49. The molecule has 0 aromatic carbocycles. The second kappa shape index (κ2) is 8.17. The Bertz CT molecular complexity index is 1180. The van der Waals surface area contributed by atoms with E-state index in [1.807, 2.05) is 17.4 Å². The van der Waals surface area contributed by atoms with Gasteiger partial charge in [0.15, 0.2) is 5.82 Å². The first-order chi connectivity index (χ1) is 15.4. The van der Waals surface area contributed by atoms with E-state index in [4.69, 9.17) is 32.5 Å². The third-order valence-electron chi connectivity index (χ3n) is 6.72. The molecule has 5 heterocycles. The standard InChI is InChI=1S/C21H25ClN8OS/c1-12-20(32-15-3-6-25-17(24)16(15)22)30-11-26-28-19(30)18(27-12)29-7-4-21(5-8-29)10-31-13(2)14(21)9-23/h3,6,9,11,13-14,23H,4-5,7-8,10H2,1-2H3,(H2,24,25)/t13-,14+/m0/s1. The third-order valence-corrected chi connectivity index (χ3v) is 8.48. The molecule has 0 aliphatic carbocycles. The molecule has 168 valence electrons. The Morgan fingerprint density at radius 3 is 2.91 bits per heavy atom. The minimum atomic E-state index is 0.0461. The highest BCUT2D eigenvalue weighted by Crippen LogP contribution is 2.46. The van der Waals surface area contributed by atoms with Gasteiger partial charge in [-0.3, -0.25) is 4.40 Å². The van der Waals surface area contributed by atoms with Gasteiger partial charge in [0.2, 0.25) is 5.65 Å². The molecule has 2 atom stereocenters. The fourth-order valence-electron chi connectivity index (χ4n) is 4.88. The van der Waals surface area contributed by atoms with Crippen molar-refractivity contribution in [2.45, 2.75) is 42.7 Å². The lowest BCUT2D eigenvalue weighted by Crippen LogP contribution is -2.45. The van der Waals surface area contributed by atoms with Gasteiger partial charge in [0, 0.05) is 41.7 Å². The lowest BCUT2D eigenvalue weighted by molar-refractivity contribution is 0.0973. The van der Waals surface area contributed by atoms with Gasteiger partial charge in [-0.2, -0.15) is 0 Å². The van der Waals surface area contributed by atoms with Gasteiger partial charge in [0.25, 0.3) is 0 Å². The highest BCUT2D eigenvalue weighted by molar-refractivity contribution is 7.99. The summed E-state index contributed by atoms with van der Waals surface area (Å²) in [5, 5.41) is 17.7. The molecule has 3 aromatic rings. The van der Waals surface area contributed by atoms with Crippen molar-refractivity contribution in [3.8, 4) is 0 Å². The molecular formula is C21H25ClN8OS. The lowest BCUT2D eigenvalue weighted by atomic mass is 9.69. The normalized spacial score (nSPS) is 22.7. The van der Waals surface area contributed by atoms with Crippen LogP contribution in [0.5, 0.6) is 0 Å². The number of ether oxygens (including phenoxy) is 1. The fraction of sp³-hybridized carbons (Fsp3) is 0.476. The van der Waals surface area contributed by atoms with Crippen LogP contribution >= 0.6 is 23.4 Å². The van der Waals surface area contributed by atoms with E-state index < -0.39 is 0 Å². The zero-order chi connectivity index (χ0) is 22.5. The number of anilines is 2. The van der Waals surface area contributed by atoms with E-state index in [0.29, 0.717) is 16.5 Å². The fourth-order valence-corrected chi connectivity index (χ4v) is 6.06. The molecule has 32 heavy (non-hydrogen) atoms. The van der Waals surface area contributed by atoms with Crippen LogP contribution in [0.4, 0.5) is 11.6 Å². The number of rotatable bonds is 4. The Labute approximate surface area is 195 Å². The Hall–Kier alpha value is -2.43. The van der Waals surface area contributed by atoms with E-state index in [1.165, 1.54) is 11.8 Å². The van der Waals surface area contributed by atoms with Crippen molar-refractivity contribution in [3.63, 3.8) is 0 Å². The number of aromatic nitrogens is 5. The number of aryl methyl sites for hydroxylation is 1. The minimum Gasteiger partial charge on any atom is -0.382 e. The van der Waals surface area contributed by atoms with E-state index in [1.54, 1.807) is 18.7 Å². The van der Waals surface area contributed by atoms with Gasteiger partial charge in [-0.15, -0.1) is 10.2 Å². The predicted octanol–water partition coefficient (Wildman–Crippen LogP) is 3.49. The first-order valence-electron chi connectivity index (χ1n) is 10.6. The van der Waals surface area contributed by atoms with Crippen LogP contribution in [0, 0.1) is 23.7 Å². The molecular weight excluding hydrogens is 448 g/mol. The second-order valence-electron chi connectivity index (χ2n) is 8.52. The number of piperidine rings is 1. The van der Waals surface area contributed by atoms with Gasteiger partial charge < -0.3 is 20.8 Å². The maximum Gasteiger partial charge on any atom is 0.204 e. The first kappa shape index (κ1) is 21.4. The van der Waals surface area contributed by atoms with Crippen LogP contribution in [0.2, 0.25) is 5.02 Å². The Morgan fingerprint density at radius 1 is 1.38 bits per heavy atom. The van der Waals surface area contributed by atoms with Crippen LogP contribution in [0.3, 0.4) is 0 Å². The van der Waals surface area contributed by atoms with Gasteiger partial charge in [-0.25, -0.2) is 9.97 Å². The van der Waals surface area contributed by atoms with E-state index in [9.17, 15) is 0 Å². The molecule has 11 heteroatoms. The number of nitrogens with two attached hydrogens (primary N) is 1. The quantitative estimate of drug-likeness (QED) is 0.554. The van der Waals surface area contributed by atoms with Gasteiger partial charge in [0.1, 0.15) is 17.2 Å². The predicted molar refractivity (Wildman–Crippen MR) is 125 cm³/mol. The molecule has 0 unspecified atom stereocenters. The molecule has 2 aliphatic heterocycles. The molecule has 0 amide bonds.